The highest BCUT2D eigenvalue weighted by atomic mass is 32.2. The fraction of sp³-hybridized carbons (Fsp3) is 0.222. The van der Waals surface area contributed by atoms with E-state index in [0.717, 1.165) is 0 Å². The Morgan fingerprint density at radius 3 is 1.71 bits per heavy atom. The van der Waals surface area contributed by atoms with Crippen molar-refractivity contribution in [3.8, 4) is 11.1 Å². The largest absolute Gasteiger partial charge is 0.871 e. The van der Waals surface area contributed by atoms with Crippen molar-refractivity contribution in [2.24, 2.45) is 0 Å². The van der Waals surface area contributed by atoms with Crippen LogP contribution >= 0.6 is 0 Å². The lowest BCUT2D eigenvalue weighted by molar-refractivity contribution is -0.713. The van der Waals surface area contributed by atoms with Crippen LogP contribution in [0.15, 0.2) is 171 Å². The first-order valence-corrected chi connectivity index (χ1v) is 21.6. The van der Waals surface area contributed by atoms with Gasteiger partial charge in [0.15, 0.2) is 36.9 Å². The van der Waals surface area contributed by atoms with Crippen molar-refractivity contribution in [3.63, 3.8) is 0 Å². The Morgan fingerprint density at radius 2 is 1.24 bits per heavy atom. The highest BCUT2D eigenvalue weighted by Crippen LogP contribution is 2.37. The molecule has 0 bridgehead atoms. The van der Waals surface area contributed by atoms with Gasteiger partial charge < -0.3 is 5.11 Å². The lowest BCUT2D eigenvalue weighted by Gasteiger charge is -2.13. The number of nitrogens with zero attached hydrogens (tertiary/aromatic N) is 2. The standard InChI is InChI=1S/C23H18O6S2.C22H26N2/c1-2-15(11-13-20-22(24)16-7-3-5-9-18(16)30(20,26)27)12-14-21-23(25)17-8-4-6-10-19(17)31(21,28)29;1-3-7-21(8-4-1)23-15-11-19(12-16-23)20-13-17-24(18-14-20)22-9-5-2-6-10-22/h3-14,24H,2H2,1H3;3,5,7,9,11-18,21-22H,1-2,4,6,8,10H2/q;+2/p-1. The summed E-state index contributed by atoms with van der Waals surface area (Å²) in [5, 5.41) is 12.5. The quantitative estimate of drug-likeness (QED) is 0.0835. The monoisotopic (exact) mass is 771 g/mol. The van der Waals surface area contributed by atoms with Crippen LogP contribution in [-0.2, 0) is 19.7 Å². The van der Waals surface area contributed by atoms with Gasteiger partial charge in [0.2, 0.25) is 25.5 Å². The molecule has 2 aliphatic heterocycles. The molecule has 2 atom stereocenters. The van der Waals surface area contributed by atoms with Crippen LogP contribution in [0.4, 0.5) is 0 Å². The third-order valence-electron chi connectivity index (χ3n) is 10.4. The second-order valence-corrected chi connectivity index (χ2v) is 17.7. The van der Waals surface area contributed by atoms with Gasteiger partial charge >= 0.3 is 0 Å². The maximum Gasteiger partial charge on any atom is 0.211 e. The Labute approximate surface area is 323 Å². The van der Waals surface area contributed by atoms with E-state index in [4.69, 9.17) is 0 Å². The average Bonchev–Trinajstić information content (AvgIpc) is 3.55. The van der Waals surface area contributed by atoms with Crippen LogP contribution < -0.4 is 14.2 Å². The fourth-order valence-electron chi connectivity index (χ4n) is 7.30. The molecule has 10 heteroatoms. The number of Topliss-reactive ketones (excluding diaryl/α,β-unsaturated/α-hetero) is 1. The minimum Gasteiger partial charge on any atom is -0.871 e. The van der Waals surface area contributed by atoms with Crippen LogP contribution in [0.5, 0.6) is 0 Å². The number of fused-ring (bicyclic) bond motifs is 2. The summed E-state index contributed by atoms with van der Waals surface area (Å²) in [5.41, 5.74) is 3.39. The second-order valence-electron chi connectivity index (χ2n) is 13.9. The Balaban J connectivity index is 0.000000174. The zero-order valence-electron chi connectivity index (χ0n) is 30.6. The summed E-state index contributed by atoms with van der Waals surface area (Å²) >= 11 is 0. The highest BCUT2D eigenvalue weighted by molar-refractivity contribution is 7.97. The Hall–Kier alpha value is -5.45. The summed E-state index contributed by atoms with van der Waals surface area (Å²) in [7, 11) is -7.81. The van der Waals surface area contributed by atoms with Gasteiger partial charge in [0, 0.05) is 42.7 Å². The van der Waals surface area contributed by atoms with Gasteiger partial charge in [-0.3, -0.25) is 4.79 Å². The molecule has 2 aromatic heterocycles. The lowest BCUT2D eigenvalue weighted by Crippen LogP contribution is -2.38. The van der Waals surface area contributed by atoms with E-state index in [2.05, 4.69) is 82.5 Å². The molecule has 0 saturated carbocycles. The smallest absolute Gasteiger partial charge is 0.211 e. The minimum atomic E-state index is -3.91. The van der Waals surface area contributed by atoms with Crippen molar-refractivity contribution >= 4 is 31.2 Å². The third kappa shape index (κ3) is 7.74. The van der Waals surface area contributed by atoms with Crippen molar-refractivity contribution in [1.82, 2.24) is 0 Å². The van der Waals surface area contributed by atoms with Crippen LogP contribution in [0.1, 0.15) is 79.9 Å². The van der Waals surface area contributed by atoms with Crippen molar-refractivity contribution < 1.29 is 35.9 Å². The van der Waals surface area contributed by atoms with Gasteiger partial charge in [0.1, 0.15) is 4.91 Å². The number of aromatic nitrogens is 2. The topological polar surface area (TPSA) is 116 Å². The molecule has 0 amide bonds. The lowest BCUT2D eigenvalue weighted by atomic mass is 10.0. The number of rotatable bonds is 7. The average molecular weight is 772 g/mol. The number of benzene rings is 2. The first-order chi connectivity index (χ1) is 26.6. The van der Waals surface area contributed by atoms with Crippen LogP contribution in [0.2, 0.25) is 0 Å². The van der Waals surface area contributed by atoms with Crippen LogP contribution in [-0.4, -0.2) is 22.6 Å². The van der Waals surface area contributed by atoms with Gasteiger partial charge in [0.25, 0.3) is 0 Å². The Morgan fingerprint density at radius 1 is 0.727 bits per heavy atom. The summed E-state index contributed by atoms with van der Waals surface area (Å²) in [5.74, 6) is -1.16. The molecular weight excluding hydrogens is 729 g/mol. The van der Waals surface area contributed by atoms with Gasteiger partial charge in [-0.15, -0.1) is 0 Å². The number of hydrogen-bond acceptors (Lipinski definition) is 6. The summed E-state index contributed by atoms with van der Waals surface area (Å²) in [6.07, 6.45) is 31.5. The fourth-order valence-corrected chi connectivity index (χ4v) is 10.4. The molecule has 4 heterocycles. The van der Waals surface area contributed by atoms with Crippen LogP contribution in [0.3, 0.4) is 0 Å². The van der Waals surface area contributed by atoms with Crippen molar-refractivity contribution in [1.29, 1.82) is 0 Å². The highest BCUT2D eigenvalue weighted by Gasteiger charge is 2.38. The molecule has 2 aliphatic carbocycles. The van der Waals surface area contributed by atoms with E-state index < -0.39 is 31.2 Å². The molecule has 4 aromatic rings. The summed E-state index contributed by atoms with van der Waals surface area (Å²) in [6.45, 7) is 1.79. The molecular formula is C45H43N2O6S2+. The number of hydrogen-bond donors (Lipinski definition) is 0. The maximum absolute atomic E-state index is 12.7. The Kier molecular flexibility index (Phi) is 11.1. The number of pyridine rings is 2. The van der Waals surface area contributed by atoms with Gasteiger partial charge in [-0.1, -0.05) is 67.3 Å². The molecule has 8 nitrogen and oxygen atoms in total. The molecule has 2 aromatic carbocycles. The van der Waals surface area contributed by atoms with Gasteiger partial charge in [-0.25, -0.2) is 16.8 Å². The van der Waals surface area contributed by atoms with E-state index >= 15 is 0 Å². The first-order valence-electron chi connectivity index (χ1n) is 18.7. The van der Waals surface area contributed by atoms with Crippen molar-refractivity contribution in [2.45, 2.75) is 73.7 Å². The van der Waals surface area contributed by atoms with Gasteiger partial charge in [0.05, 0.1) is 14.7 Å². The number of carbonyl (C=O) groups is 1. The minimum absolute atomic E-state index is 0.0239. The van der Waals surface area contributed by atoms with Gasteiger partial charge in [-0.2, -0.15) is 9.13 Å². The summed E-state index contributed by atoms with van der Waals surface area (Å²) in [4.78, 5) is 11.8. The predicted molar refractivity (Wildman–Crippen MR) is 210 cm³/mol. The molecule has 0 spiro atoms. The Bertz CT molecular complexity index is 2460. The van der Waals surface area contributed by atoms with Gasteiger partial charge in [-0.05, 0) is 96.9 Å². The second kappa shape index (κ2) is 16.1. The van der Waals surface area contributed by atoms with E-state index in [-0.39, 0.29) is 30.7 Å². The molecule has 55 heavy (non-hydrogen) atoms. The number of sulfone groups is 2. The molecule has 8 rings (SSSR count). The summed E-state index contributed by atoms with van der Waals surface area (Å²) in [6, 6.07) is 22.0. The molecule has 280 valence electrons. The molecule has 0 radical (unpaired) electrons. The van der Waals surface area contributed by atoms with E-state index in [1.165, 1.54) is 98.2 Å². The number of carbonyl (C=O) groups excluding carboxylic acids is 1. The molecule has 2 unspecified atom stereocenters. The normalized spacial score (nSPS) is 21.7. The molecule has 4 aliphatic rings. The third-order valence-corrected chi connectivity index (χ3v) is 14.1. The van der Waals surface area contributed by atoms with E-state index in [0.29, 0.717) is 24.1 Å². The van der Waals surface area contributed by atoms with E-state index in [1.54, 1.807) is 31.2 Å². The SMILES string of the molecule is C1=CC([n+]2ccc(-c3cc[n+](C4C=CCCC4)cc3)cc2)CCC1.CCC(C=CC1=C([O-])c2ccccc2S1(=O)=O)=CC=C1C(=O)c2ccccc2S1(=O)=O. The summed E-state index contributed by atoms with van der Waals surface area (Å²) < 4.78 is 55.3. The van der Waals surface area contributed by atoms with E-state index in [9.17, 15) is 26.7 Å². The maximum atomic E-state index is 12.7. The van der Waals surface area contributed by atoms with Crippen LogP contribution in [0.25, 0.3) is 16.9 Å². The zero-order valence-corrected chi connectivity index (χ0v) is 32.3. The number of ketones is 1. The first kappa shape index (κ1) is 37.8. The predicted octanol–water partition coefficient (Wildman–Crippen LogP) is 7.44. The van der Waals surface area contributed by atoms with E-state index in [1.807, 2.05) is 0 Å². The molecule has 0 fully saturated rings. The molecule has 0 N–H and O–H groups in total. The van der Waals surface area contributed by atoms with Crippen molar-refractivity contribution in [3.05, 3.63) is 173 Å². The number of allylic oxidation sites excluding steroid dienone is 10. The van der Waals surface area contributed by atoms with Crippen LogP contribution in [0, 0.1) is 0 Å². The van der Waals surface area contributed by atoms with Crippen molar-refractivity contribution in [2.75, 3.05) is 0 Å². The molecule has 0 saturated heterocycles. The zero-order chi connectivity index (χ0) is 38.6.